The Labute approximate surface area is 180 Å². The molecule has 8 heteroatoms. The van der Waals surface area contributed by atoms with Crippen molar-refractivity contribution in [1.29, 1.82) is 0 Å². The van der Waals surface area contributed by atoms with Crippen LogP contribution in [0.3, 0.4) is 0 Å². The normalized spacial score (nSPS) is 20.6. The first kappa shape index (κ1) is 19.1. The summed E-state index contributed by atoms with van der Waals surface area (Å²) >= 11 is 0. The Kier molecular flexibility index (Phi) is 4.40. The minimum atomic E-state index is -0.519. The number of hydrogen-bond acceptors (Lipinski definition) is 4. The van der Waals surface area contributed by atoms with Crippen molar-refractivity contribution < 1.29 is 4.79 Å². The van der Waals surface area contributed by atoms with E-state index in [2.05, 4.69) is 42.8 Å². The van der Waals surface area contributed by atoms with Crippen molar-refractivity contribution in [2.45, 2.75) is 44.3 Å². The largest absolute Gasteiger partial charge is 0.335 e. The first-order chi connectivity index (χ1) is 15.0. The summed E-state index contributed by atoms with van der Waals surface area (Å²) in [6, 6.07) is 13.7. The summed E-state index contributed by atoms with van der Waals surface area (Å²) in [6.07, 6.45) is 2.55. The van der Waals surface area contributed by atoms with Crippen LogP contribution in [0.15, 0.2) is 48.7 Å². The molecule has 0 saturated heterocycles. The van der Waals surface area contributed by atoms with Gasteiger partial charge >= 0.3 is 6.03 Å². The van der Waals surface area contributed by atoms with E-state index >= 15 is 0 Å². The van der Waals surface area contributed by atoms with Gasteiger partial charge in [-0.3, -0.25) is 5.10 Å². The third kappa shape index (κ3) is 3.38. The molecule has 1 aliphatic heterocycles. The Bertz CT molecular complexity index is 1180. The third-order valence-electron chi connectivity index (χ3n) is 6.16. The summed E-state index contributed by atoms with van der Waals surface area (Å²) in [5.41, 5.74) is 3.09. The van der Waals surface area contributed by atoms with Gasteiger partial charge in [-0.2, -0.15) is 5.10 Å². The highest BCUT2D eigenvalue weighted by molar-refractivity contribution is 5.78. The van der Waals surface area contributed by atoms with Gasteiger partial charge in [-0.05, 0) is 38.0 Å². The maximum Gasteiger partial charge on any atom is 0.318 e. The van der Waals surface area contributed by atoms with Gasteiger partial charge in [-0.25, -0.2) is 14.6 Å². The zero-order valence-electron chi connectivity index (χ0n) is 17.4. The van der Waals surface area contributed by atoms with Crippen molar-refractivity contribution in [1.82, 2.24) is 25.4 Å². The molecule has 3 N–H and O–H groups in total. The summed E-state index contributed by atoms with van der Waals surface area (Å²) in [4.78, 5) is 22.7. The van der Waals surface area contributed by atoms with Crippen LogP contribution in [0, 0.1) is 6.57 Å². The Morgan fingerprint density at radius 2 is 2.10 bits per heavy atom. The number of H-pyrrole nitrogens is 1. The Morgan fingerprint density at radius 1 is 1.29 bits per heavy atom. The van der Waals surface area contributed by atoms with Crippen LogP contribution in [0.2, 0.25) is 0 Å². The van der Waals surface area contributed by atoms with Crippen LogP contribution in [0.5, 0.6) is 0 Å². The molecule has 2 aromatic heterocycles. The number of carbonyl (C=O) groups excluding carboxylic acids is 1. The molecule has 2 atom stereocenters. The number of urea groups is 1. The number of hydrogen-bond donors (Lipinski definition) is 3. The molecule has 31 heavy (non-hydrogen) atoms. The van der Waals surface area contributed by atoms with Crippen molar-refractivity contribution in [2.75, 3.05) is 5.32 Å². The van der Waals surface area contributed by atoms with Crippen LogP contribution < -0.4 is 10.6 Å². The van der Waals surface area contributed by atoms with Gasteiger partial charge in [0.1, 0.15) is 5.82 Å². The molecule has 8 nitrogen and oxygen atoms in total. The molecule has 5 rings (SSSR count). The van der Waals surface area contributed by atoms with Gasteiger partial charge in [-0.15, -0.1) is 0 Å². The lowest BCUT2D eigenvalue weighted by Crippen LogP contribution is -2.47. The average molecular weight is 413 g/mol. The number of aromatic amines is 1. The number of aromatic nitrogens is 3. The van der Waals surface area contributed by atoms with Gasteiger partial charge < -0.3 is 15.5 Å². The Balaban J connectivity index is 1.30. The van der Waals surface area contributed by atoms with Crippen molar-refractivity contribution >= 4 is 23.4 Å². The topological polar surface area (TPSA) is 90.3 Å². The minimum absolute atomic E-state index is 0.0721. The van der Waals surface area contributed by atoms with Gasteiger partial charge in [0.05, 0.1) is 24.3 Å². The predicted octanol–water partition coefficient (Wildman–Crippen LogP) is 4.42. The summed E-state index contributed by atoms with van der Waals surface area (Å²) in [6.45, 7) is 11.6. The van der Waals surface area contributed by atoms with Crippen LogP contribution in [-0.4, -0.2) is 32.2 Å². The second kappa shape index (κ2) is 7.13. The molecule has 156 valence electrons. The Hall–Kier alpha value is -3.86. The first-order valence-electron chi connectivity index (χ1n) is 10.3. The number of pyridine rings is 1. The lowest BCUT2D eigenvalue weighted by molar-refractivity contribution is 0.142. The first-order valence-corrected chi connectivity index (χ1v) is 10.3. The highest BCUT2D eigenvalue weighted by atomic mass is 16.2. The van der Waals surface area contributed by atoms with Gasteiger partial charge in [0.15, 0.2) is 11.5 Å². The van der Waals surface area contributed by atoms with Gasteiger partial charge in [-0.1, -0.05) is 30.3 Å². The van der Waals surface area contributed by atoms with Crippen molar-refractivity contribution in [3.8, 4) is 0 Å². The minimum Gasteiger partial charge on any atom is -0.335 e. The molecule has 1 aliphatic carbocycles. The molecule has 1 aromatic carbocycles. The fraction of sp³-hybridized carbons (Fsp3) is 0.304. The molecule has 3 heterocycles. The fourth-order valence-electron chi connectivity index (χ4n) is 4.28. The molecule has 2 amide bonds. The van der Waals surface area contributed by atoms with Gasteiger partial charge in [0.25, 0.3) is 0 Å². The standard InChI is InChI=1S/C23H23N7O/c1-23(2)20-17(21(29-28-20)27-19-11-15(24-3)9-10-25-19)13-30(23)22(31)26-18-12-16(18)14-7-5-4-6-8-14/h4-11,16,18H,12-13H2,1-2H3,(H,26,31)(H2,25,27,28,29)/t16?,18-/m0/s1. The maximum atomic E-state index is 13.1. The van der Waals surface area contributed by atoms with Crippen molar-refractivity contribution in [3.05, 3.63) is 76.9 Å². The molecule has 1 unspecified atom stereocenters. The zero-order valence-corrected chi connectivity index (χ0v) is 17.4. The molecule has 1 saturated carbocycles. The number of amides is 2. The second-order valence-electron chi connectivity index (χ2n) is 8.52. The number of fused-ring (bicyclic) bond motifs is 1. The van der Waals surface area contributed by atoms with E-state index in [1.807, 2.05) is 36.9 Å². The quantitative estimate of drug-likeness (QED) is 0.553. The van der Waals surface area contributed by atoms with Crippen LogP contribution in [-0.2, 0) is 12.1 Å². The molecule has 2 aliphatic rings. The number of anilines is 2. The van der Waals surface area contributed by atoms with E-state index in [4.69, 9.17) is 6.57 Å². The lowest BCUT2D eigenvalue weighted by atomic mass is 10.0. The fourth-order valence-corrected chi connectivity index (χ4v) is 4.28. The van der Waals surface area contributed by atoms with Gasteiger partial charge in [0.2, 0.25) is 0 Å². The van der Waals surface area contributed by atoms with Gasteiger partial charge in [0, 0.05) is 23.7 Å². The van der Waals surface area contributed by atoms with E-state index in [-0.39, 0.29) is 12.1 Å². The smallest absolute Gasteiger partial charge is 0.318 e. The SMILES string of the molecule is [C-]#[N+]c1ccnc(Nc2n[nH]c3c2CN(C(=O)N[C@H]2CC2c2ccccc2)C3(C)C)c1. The number of rotatable bonds is 4. The number of benzene rings is 1. The summed E-state index contributed by atoms with van der Waals surface area (Å²) in [5.74, 6) is 1.56. The molecule has 0 spiro atoms. The van der Waals surface area contributed by atoms with E-state index in [9.17, 15) is 4.79 Å². The molecular weight excluding hydrogens is 390 g/mol. The molecule has 0 radical (unpaired) electrons. The highest BCUT2D eigenvalue weighted by Gasteiger charge is 2.46. The third-order valence-corrected chi connectivity index (χ3v) is 6.16. The summed E-state index contributed by atoms with van der Waals surface area (Å²) in [7, 11) is 0. The number of nitrogens with one attached hydrogen (secondary N) is 3. The van der Waals surface area contributed by atoms with Crippen molar-refractivity contribution in [2.24, 2.45) is 0 Å². The predicted molar refractivity (Wildman–Crippen MR) is 117 cm³/mol. The Morgan fingerprint density at radius 3 is 2.87 bits per heavy atom. The summed E-state index contributed by atoms with van der Waals surface area (Å²) in [5, 5.41) is 13.9. The van der Waals surface area contributed by atoms with Crippen LogP contribution in [0.1, 0.15) is 43.0 Å². The second-order valence-corrected chi connectivity index (χ2v) is 8.52. The van der Waals surface area contributed by atoms with E-state index in [1.165, 1.54) is 5.56 Å². The molecule has 3 aromatic rings. The molecule has 0 bridgehead atoms. The van der Waals surface area contributed by atoms with Crippen molar-refractivity contribution in [3.63, 3.8) is 0 Å². The summed E-state index contributed by atoms with van der Waals surface area (Å²) < 4.78 is 0. The van der Waals surface area contributed by atoms with E-state index in [0.29, 0.717) is 29.8 Å². The number of carbonyl (C=O) groups is 1. The molecule has 1 fully saturated rings. The monoisotopic (exact) mass is 413 g/mol. The van der Waals surface area contributed by atoms with Crippen LogP contribution in [0.4, 0.5) is 22.1 Å². The molecular formula is C23H23N7O. The average Bonchev–Trinajstić information content (AvgIpc) is 3.33. The van der Waals surface area contributed by atoms with E-state index < -0.39 is 5.54 Å². The number of nitrogens with zero attached hydrogens (tertiary/aromatic N) is 4. The zero-order chi connectivity index (χ0) is 21.6. The van der Waals surface area contributed by atoms with E-state index in [1.54, 1.807) is 18.3 Å². The van der Waals surface area contributed by atoms with E-state index in [0.717, 1.165) is 17.7 Å². The highest BCUT2D eigenvalue weighted by Crippen LogP contribution is 2.43. The lowest BCUT2D eigenvalue weighted by Gasteiger charge is -2.32. The maximum absolute atomic E-state index is 13.1. The van der Waals surface area contributed by atoms with Crippen LogP contribution >= 0.6 is 0 Å². The van der Waals surface area contributed by atoms with Crippen LogP contribution in [0.25, 0.3) is 4.85 Å².